The molecule has 0 aromatic carbocycles. The second-order valence-electron chi connectivity index (χ2n) is 13.8. The van der Waals surface area contributed by atoms with E-state index in [0.717, 1.165) is 32.1 Å². The summed E-state index contributed by atoms with van der Waals surface area (Å²) in [6.45, 7) is 11.4. The van der Waals surface area contributed by atoms with Gasteiger partial charge < -0.3 is 10.2 Å². The predicted molar refractivity (Wildman–Crippen MR) is 124 cm³/mol. The van der Waals surface area contributed by atoms with Gasteiger partial charge in [0.1, 0.15) is 0 Å². The molecular formula is C28H42O4. The zero-order valence-electron chi connectivity index (χ0n) is 20.5. The van der Waals surface area contributed by atoms with Gasteiger partial charge in [0.25, 0.3) is 0 Å². The first-order chi connectivity index (χ1) is 14.9. The number of carboxylic acid groups (broad SMARTS) is 2. The highest BCUT2D eigenvalue weighted by atomic mass is 16.4. The number of hydrogen-bond donors (Lipinski definition) is 2. The average Bonchev–Trinajstić information content (AvgIpc) is 2.70. The summed E-state index contributed by atoms with van der Waals surface area (Å²) < 4.78 is 0. The van der Waals surface area contributed by atoms with Crippen LogP contribution in [0.3, 0.4) is 0 Å². The minimum atomic E-state index is -0.609. The van der Waals surface area contributed by atoms with Gasteiger partial charge in [0, 0.05) is 0 Å². The van der Waals surface area contributed by atoms with E-state index in [1.165, 1.54) is 6.42 Å². The largest absolute Gasteiger partial charge is 0.481 e. The van der Waals surface area contributed by atoms with Crippen LogP contribution in [-0.4, -0.2) is 22.2 Å². The van der Waals surface area contributed by atoms with E-state index in [2.05, 4.69) is 46.8 Å². The molecule has 0 amide bonds. The van der Waals surface area contributed by atoms with E-state index < -0.39 is 11.9 Å². The normalized spacial score (nSPS) is 47.1. The molecule has 0 heterocycles. The smallest absolute Gasteiger partial charge is 0.307 e. The maximum atomic E-state index is 12.3. The van der Waals surface area contributed by atoms with Crippen molar-refractivity contribution < 1.29 is 19.8 Å². The van der Waals surface area contributed by atoms with Crippen molar-refractivity contribution in [3.8, 4) is 0 Å². The van der Waals surface area contributed by atoms with Crippen molar-refractivity contribution in [3.05, 3.63) is 12.2 Å². The summed E-state index contributed by atoms with van der Waals surface area (Å²) in [5.41, 5.74) is 0.00164. The lowest BCUT2D eigenvalue weighted by Gasteiger charge is -2.67. The quantitative estimate of drug-likeness (QED) is 0.514. The topological polar surface area (TPSA) is 74.6 Å². The highest BCUT2D eigenvalue weighted by molar-refractivity contribution is 5.72. The summed E-state index contributed by atoms with van der Waals surface area (Å²) in [5, 5.41) is 20.2. The van der Waals surface area contributed by atoms with E-state index in [0.29, 0.717) is 35.5 Å². The second-order valence-corrected chi connectivity index (χ2v) is 13.8. The third-order valence-corrected chi connectivity index (χ3v) is 10.8. The second kappa shape index (κ2) is 7.34. The Hall–Kier alpha value is -1.32. The van der Waals surface area contributed by atoms with Crippen LogP contribution in [-0.2, 0) is 9.59 Å². The molecule has 178 valence electrons. The van der Waals surface area contributed by atoms with Gasteiger partial charge in [0.05, 0.1) is 11.8 Å². The SMILES string of the molecule is CC(C)(C)C1C2CCC(C3CC(CC(C)(C)C4C5C=CC(CC5)C4C(=O)O)C32)C1C(=O)O. The highest BCUT2D eigenvalue weighted by Crippen LogP contribution is 2.69. The summed E-state index contributed by atoms with van der Waals surface area (Å²) in [5.74, 6) is 2.16. The van der Waals surface area contributed by atoms with Gasteiger partial charge >= 0.3 is 11.9 Å². The number of carboxylic acids is 2. The van der Waals surface area contributed by atoms with Crippen LogP contribution >= 0.6 is 0 Å². The molecule has 5 fully saturated rings. The van der Waals surface area contributed by atoms with Crippen molar-refractivity contribution in [2.24, 2.45) is 75.9 Å². The molecule has 4 bridgehead atoms. The van der Waals surface area contributed by atoms with E-state index in [4.69, 9.17) is 0 Å². The molecule has 4 heteroatoms. The van der Waals surface area contributed by atoms with Crippen molar-refractivity contribution >= 4 is 11.9 Å². The van der Waals surface area contributed by atoms with Crippen molar-refractivity contribution in [2.75, 3.05) is 0 Å². The molecule has 0 aromatic rings. The maximum absolute atomic E-state index is 12.3. The van der Waals surface area contributed by atoms with E-state index in [1.807, 2.05) is 0 Å². The van der Waals surface area contributed by atoms with Gasteiger partial charge in [-0.2, -0.15) is 0 Å². The standard InChI is InChI=1S/C28H42O4/c1-27(2,3)24-18-11-10-17(22(24)26(31)32)19-12-16(20(18)19)13-28(4,5)23-15-8-6-14(7-9-15)21(23)25(29)30/h6,8,14-24H,7,9-13H2,1-5H3,(H,29,30)(H,31,32). The van der Waals surface area contributed by atoms with Crippen LogP contribution < -0.4 is 0 Å². The van der Waals surface area contributed by atoms with Crippen LogP contribution in [0.25, 0.3) is 0 Å². The molecule has 0 spiro atoms. The Labute approximate surface area is 193 Å². The monoisotopic (exact) mass is 442 g/mol. The number of rotatable bonds is 5. The molecular weight excluding hydrogens is 400 g/mol. The van der Waals surface area contributed by atoms with Gasteiger partial charge in [-0.1, -0.05) is 46.8 Å². The molecule has 2 N–H and O–H groups in total. The fourth-order valence-electron chi connectivity index (χ4n) is 10.1. The van der Waals surface area contributed by atoms with Gasteiger partial charge in [0.15, 0.2) is 0 Å². The average molecular weight is 443 g/mol. The molecule has 0 aromatic heterocycles. The first kappa shape index (κ1) is 22.5. The Kier molecular flexibility index (Phi) is 5.15. The van der Waals surface area contributed by atoms with Crippen LogP contribution in [0.5, 0.6) is 0 Å². The summed E-state index contributed by atoms with van der Waals surface area (Å²) in [7, 11) is 0. The summed E-state index contributed by atoms with van der Waals surface area (Å²) >= 11 is 0. The summed E-state index contributed by atoms with van der Waals surface area (Å²) in [6, 6.07) is 0. The third kappa shape index (κ3) is 3.21. The van der Waals surface area contributed by atoms with Crippen LogP contribution in [0.15, 0.2) is 12.2 Å². The van der Waals surface area contributed by atoms with Crippen molar-refractivity contribution in [1.29, 1.82) is 0 Å². The fraction of sp³-hybridized carbons (Fsp3) is 0.857. The Morgan fingerprint density at radius 2 is 1.38 bits per heavy atom. The first-order valence-electron chi connectivity index (χ1n) is 13.1. The zero-order chi connectivity index (χ0) is 23.2. The Morgan fingerprint density at radius 3 is 1.94 bits per heavy atom. The molecule has 7 aliphatic carbocycles. The summed E-state index contributed by atoms with van der Waals surface area (Å²) in [4.78, 5) is 24.6. The van der Waals surface area contributed by atoms with Crippen LogP contribution in [0.4, 0.5) is 0 Å². The van der Waals surface area contributed by atoms with E-state index >= 15 is 0 Å². The van der Waals surface area contributed by atoms with Gasteiger partial charge in [-0.3, -0.25) is 9.59 Å². The fourth-order valence-corrected chi connectivity index (χ4v) is 10.1. The molecule has 7 aliphatic rings. The van der Waals surface area contributed by atoms with Crippen LogP contribution in [0.2, 0.25) is 0 Å². The first-order valence-corrected chi connectivity index (χ1v) is 13.1. The van der Waals surface area contributed by atoms with Crippen LogP contribution in [0.1, 0.15) is 73.1 Å². The predicted octanol–water partition coefficient (Wildman–Crippen LogP) is 5.97. The Balaban J connectivity index is 1.38. The van der Waals surface area contributed by atoms with E-state index in [9.17, 15) is 19.8 Å². The number of aliphatic carboxylic acids is 2. The highest BCUT2D eigenvalue weighted by Gasteiger charge is 2.65. The van der Waals surface area contributed by atoms with Gasteiger partial charge in [-0.05, 0) is 103 Å². The molecule has 0 saturated heterocycles. The molecule has 11 unspecified atom stereocenters. The molecule has 32 heavy (non-hydrogen) atoms. The van der Waals surface area contributed by atoms with Crippen molar-refractivity contribution in [1.82, 2.24) is 0 Å². The summed E-state index contributed by atoms with van der Waals surface area (Å²) in [6.07, 6.45) is 11.2. The molecule has 4 nitrogen and oxygen atoms in total. The van der Waals surface area contributed by atoms with Gasteiger partial charge in [0.2, 0.25) is 0 Å². The lowest BCUT2D eigenvalue weighted by molar-refractivity contribution is -0.206. The number of allylic oxidation sites excluding steroid dienone is 2. The number of carbonyl (C=O) groups is 2. The van der Waals surface area contributed by atoms with Crippen molar-refractivity contribution in [3.63, 3.8) is 0 Å². The number of fused-ring (bicyclic) bond motifs is 4. The molecule has 11 atom stereocenters. The number of hydrogen-bond acceptors (Lipinski definition) is 2. The van der Waals surface area contributed by atoms with Crippen molar-refractivity contribution in [2.45, 2.75) is 73.1 Å². The third-order valence-electron chi connectivity index (χ3n) is 10.8. The zero-order valence-corrected chi connectivity index (χ0v) is 20.5. The molecule has 0 aliphatic heterocycles. The molecule has 5 saturated carbocycles. The van der Waals surface area contributed by atoms with E-state index in [1.54, 1.807) is 0 Å². The molecule has 7 rings (SSSR count). The van der Waals surface area contributed by atoms with Gasteiger partial charge in [-0.25, -0.2) is 0 Å². The van der Waals surface area contributed by atoms with E-state index in [-0.39, 0.29) is 40.4 Å². The Bertz CT molecular complexity index is 820. The van der Waals surface area contributed by atoms with Gasteiger partial charge in [-0.15, -0.1) is 0 Å². The minimum absolute atomic E-state index is 0.00703. The minimum Gasteiger partial charge on any atom is -0.481 e. The lowest BCUT2D eigenvalue weighted by Crippen LogP contribution is -2.63. The lowest BCUT2D eigenvalue weighted by atomic mass is 9.37. The Morgan fingerprint density at radius 1 is 0.781 bits per heavy atom. The maximum Gasteiger partial charge on any atom is 0.307 e. The molecule has 0 radical (unpaired) electrons. The van der Waals surface area contributed by atoms with Crippen LogP contribution in [0, 0.1) is 75.9 Å².